The summed E-state index contributed by atoms with van der Waals surface area (Å²) in [5, 5.41) is 20.6. The lowest BCUT2D eigenvalue weighted by molar-refractivity contribution is 0.209. The molecule has 1 aliphatic rings. The molecule has 0 spiro atoms. The Morgan fingerprint density at radius 2 is 2.28 bits per heavy atom. The van der Waals surface area contributed by atoms with Crippen molar-refractivity contribution in [2.24, 2.45) is 5.92 Å². The molecule has 0 bridgehead atoms. The topological polar surface area (TPSA) is 87.4 Å². The molecule has 1 heterocycles. The number of nitrogens with one attached hydrogen (secondary N) is 1. The van der Waals surface area contributed by atoms with E-state index in [1.165, 1.54) is 0 Å². The summed E-state index contributed by atoms with van der Waals surface area (Å²) in [4.78, 5) is 15.0. The zero-order chi connectivity index (χ0) is 12.7. The second-order valence-electron chi connectivity index (χ2n) is 4.59. The summed E-state index contributed by atoms with van der Waals surface area (Å²) in [6.45, 7) is 0.732. The Kier molecular flexibility index (Phi) is 2.36. The van der Waals surface area contributed by atoms with Crippen molar-refractivity contribution in [3.8, 4) is 5.75 Å². The number of amides is 1. The largest absolute Gasteiger partial charge is 0.508 e. The van der Waals surface area contributed by atoms with E-state index >= 15 is 0 Å². The molecule has 0 aliphatic heterocycles. The minimum absolute atomic E-state index is 0.154. The maximum absolute atomic E-state index is 10.8. The van der Waals surface area contributed by atoms with Gasteiger partial charge in [-0.25, -0.2) is 9.78 Å². The Balaban J connectivity index is 2.10. The molecule has 0 radical (unpaired) electrons. The third-order valence-corrected chi connectivity index (χ3v) is 3.09. The van der Waals surface area contributed by atoms with Crippen LogP contribution in [0, 0.1) is 5.92 Å². The number of imidazole rings is 1. The predicted octanol–water partition coefficient (Wildman–Crippen LogP) is 2.24. The van der Waals surface area contributed by atoms with Crippen molar-refractivity contribution in [2.75, 3.05) is 5.32 Å². The highest BCUT2D eigenvalue weighted by molar-refractivity contribution is 5.86. The number of hydrogen-bond donors (Lipinski definition) is 3. The van der Waals surface area contributed by atoms with Gasteiger partial charge in [0.25, 0.3) is 0 Å². The van der Waals surface area contributed by atoms with E-state index in [1.807, 2.05) is 4.57 Å². The van der Waals surface area contributed by atoms with Crippen LogP contribution in [0.4, 0.5) is 10.7 Å². The van der Waals surface area contributed by atoms with Gasteiger partial charge < -0.3 is 14.8 Å². The highest BCUT2D eigenvalue weighted by Crippen LogP contribution is 2.34. The van der Waals surface area contributed by atoms with Crippen molar-refractivity contribution >= 4 is 23.1 Å². The fourth-order valence-corrected chi connectivity index (χ4v) is 2.05. The monoisotopic (exact) mass is 247 g/mol. The van der Waals surface area contributed by atoms with Gasteiger partial charge in [-0.1, -0.05) is 0 Å². The fourth-order valence-electron chi connectivity index (χ4n) is 2.05. The first-order valence-electron chi connectivity index (χ1n) is 5.82. The number of benzene rings is 1. The summed E-state index contributed by atoms with van der Waals surface area (Å²) < 4.78 is 1.82. The second-order valence-corrected chi connectivity index (χ2v) is 4.59. The molecule has 6 heteroatoms. The summed E-state index contributed by atoms with van der Waals surface area (Å²) in [7, 11) is 0. The van der Waals surface area contributed by atoms with Crippen LogP contribution in [0.1, 0.15) is 12.8 Å². The van der Waals surface area contributed by atoms with Crippen LogP contribution in [-0.4, -0.2) is 25.9 Å². The standard InChI is InChI=1S/C12H13N3O3/c16-8-3-4-9-10(5-8)15(6-7-1-2-7)11(13-9)14-12(17)18/h3-5,7,16H,1-2,6H2,(H,13,14)(H,17,18). The molecule has 3 rings (SSSR count). The quantitative estimate of drug-likeness (QED) is 0.776. The molecule has 1 amide bonds. The first kappa shape index (κ1) is 10.9. The van der Waals surface area contributed by atoms with Crippen LogP contribution in [0.5, 0.6) is 5.75 Å². The van der Waals surface area contributed by atoms with Gasteiger partial charge in [0.1, 0.15) is 5.75 Å². The van der Waals surface area contributed by atoms with E-state index in [2.05, 4.69) is 10.3 Å². The molecule has 0 atom stereocenters. The zero-order valence-corrected chi connectivity index (χ0v) is 9.63. The van der Waals surface area contributed by atoms with Crippen molar-refractivity contribution < 1.29 is 15.0 Å². The van der Waals surface area contributed by atoms with Crippen molar-refractivity contribution in [3.63, 3.8) is 0 Å². The fraction of sp³-hybridized carbons (Fsp3) is 0.333. The first-order chi connectivity index (χ1) is 8.63. The Bertz CT molecular complexity index is 616. The lowest BCUT2D eigenvalue weighted by atomic mass is 10.3. The number of anilines is 1. The van der Waals surface area contributed by atoms with E-state index in [0.29, 0.717) is 17.4 Å². The molecular formula is C12H13N3O3. The van der Waals surface area contributed by atoms with Gasteiger partial charge in [0.05, 0.1) is 11.0 Å². The molecule has 1 fully saturated rings. The predicted molar refractivity (Wildman–Crippen MR) is 65.8 cm³/mol. The van der Waals surface area contributed by atoms with Crippen LogP contribution in [0.3, 0.4) is 0 Å². The Hall–Kier alpha value is -2.24. The Morgan fingerprint density at radius 3 is 2.94 bits per heavy atom. The zero-order valence-electron chi connectivity index (χ0n) is 9.63. The summed E-state index contributed by atoms with van der Waals surface area (Å²) in [5.74, 6) is 1.05. The van der Waals surface area contributed by atoms with Crippen LogP contribution >= 0.6 is 0 Å². The average molecular weight is 247 g/mol. The maximum atomic E-state index is 10.8. The van der Waals surface area contributed by atoms with E-state index in [-0.39, 0.29) is 5.75 Å². The molecule has 94 valence electrons. The highest BCUT2D eigenvalue weighted by atomic mass is 16.4. The van der Waals surface area contributed by atoms with E-state index < -0.39 is 6.09 Å². The van der Waals surface area contributed by atoms with Crippen molar-refractivity contribution in [1.29, 1.82) is 0 Å². The molecule has 2 aromatic rings. The van der Waals surface area contributed by atoms with E-state index in [1.54, 1.807) is 18.2 Å². The lowest BCUT2D eigenvalue weighted by Gasteiger charge is -2.07. The van der Waals surface area contributed by atoms with Gasteiger partial charge in [0.15, 0.2) is 0 Å². The molecule has 6 nitrogen and oxygen atoms in total. The number of rotatable bonds is 3. The van der Waals surface area contributed by atoms with Gasteiger partial charge in [-0.2, -0.15) is 0 Å². The van der Waals surface area contributed by atoms with Crippen LogP contribution in [0.15, 0.2) is 18.2 Å². The summed E-state index contributed by atoms with van der Waals surface area (Å²) in [6.07, 6.45) is 1.18. The minimum atomic E-state index is -1.13. The summed E-state index contributed by atoms with van der Waals surface area (Å²) >= 11 is 0. The SMILES string of the molecule is O=C(O)Nc1nc2ccc(O)cc2n1CC1CC1. The molecule has 0 saturated heterocycles. The Morgan fingerprint density at radius 1 is 1.50 bits per heavy atom. The molecule has 1 aromatic carbocycles. The first-order valence-corrected chi connectivity index (χ1v) is 5.82. The normalized spacial score (nSPS) is 14.9. The van der Waals surface area contributed by atoms with Gasteiger partial charge in [0.2, 0.25) is 5.95 Å². The number of carboxylic acid groups (broad SMARTS) is 1. The Labute approximate surface area is 103 Å². The number of phenols is 1. The highest BCUT2D eigenvalue weighted by Gasteiger charge is 2.24. The van der Waals surface area contributed by atoms with Crippen LogP contribution in [0.2, 0.25) is 0 Å². The van der Waals surface area contributed by atoms with Crippen molar-refractivity contribution in [1.82, 2.24) is 9.55 Å². The van der Waals surface area contributed by atoms with Crippen molar-refractivity contribution in [3.05, 3.63) is 18.2 Å². The molecule has 18 heavy (non-hydrogen) atoms. The number of carbonyl (C=O) groups is 1. The smallest absolute Gasteiger partial charge is 0.411 e. The van der Waals surface area contributed by atoms with E-state index in [0.717, 1.165) is 24.9 Å². The number of fused-ring (bicyclic) bond motifs is 1. The number of nitrogens with zero attached hydrogens (tertiary/aromatic N) is 2. The molecule has 1 aliphatic carbocycles. The maximum Gasteiger partial charge on any atom is 0.411 e. The number of aromatic hydroxyl groups is 1. The van der Waals surface area contributed by atoms with Gasteiger partial charge >= 0.3 is 6.09 Å². The number of aromatic nitrogens is 2. The average Bonchev–Trinajstić information content (AvgIpc) is 3.05. The third-order valence-electron chi connectivity index (χ3n) is 3.09. The molecule has 3 N–H and O–H groups in total. The van der Waals surface area contributed by atoms with Crippen LogP contribution in [0.25, 0.3) is 11.0 Å². The molecule has 0 unspecified atom stereocenters. The second kappa shape index (κ2) is 3.90. The summed E-state index contributed by atoms with van der Waals surface area (Å²) in [5.41, 5.74) is 1.43. The molecule has 1 saturated carbocycles. The van der Waals surface area contributed by atoms with Gasteiger partial charge in [-0.05, 0) is 30.9 Å². The van der Waals surface area contributed by atoms with Gasteiger partial charge in [0, 0.05) is 12.6 Å². The number of hydrogen-bond acceptors (Lipinski definition) is 3. The lowest BCUT2D eigenvalue weighted by Crippen LogP contribution is -2.13. The third kappa shape index (κ3) is 1.97. The van der Waals surface area contributed by atoms with E-state index in [4.69, 9.17) is 5.11 Å². The van der Waals surface area contributed by atoms with Gasteiger partial charge in [-0.15, -0.1) is 0 Å². The van der Waals surface area contributed by atoms with Crippen molar-refractivity contribution in [2.45, 2.75) is 19.4 Å². The summed E-state index contributed by atoms with van der Waals surface area (Å²) in [6, 6.07) is 4.83. The van der Waals surface area contributed by atoms with Crippen LogP contribution < -0.4 is 5.32 Å². The number of phenolic OH excluding ortho intramolecular Hbond substituents is 1. The molecular weight excluding hydrogens is 234 g/mol. The minimum Gasteiger partial charge on any atom is -0.508 e. The van der Waals surface area contributed by atoms with Crippen LogP contribution in [-0.2, 0) is 6.54 Å². The molecule has 1 aromatic heterocycles. The van der Waals surface area contributed by atoms with E-state index in [9.17, 15) is 9.90 Å². The van der Waals surface area contributed by atoms with Gasteiger partial charge in [-0.3, -0.25) is 5.32 Å².